The molecule has 0 aromatic carbocycles. The van der Waals surface area contributed by atoms with Gasteiger partial charge in [-0.2, -0.15) is 4.98 Å². The van der Waals surface area contributed by atoms with Crippen molar-refractivity contribution in [3.63, 3.8) is 0 Å². The van der Waals surface area contributed by atoms with Gasteiger partial charge in [-0.3, -0.25) is 14.3 Å². The number of aromatic hydroxyl groups is 1. The van der Waals surface area contributed by atoms with Crippen molar-refractivity contribution in [2.45, 2.75) is 63.8 Å². The van der Waals surface area contributed by atoms with Crippen molar-refractivity contribution in [1.29, 1.82) is 0 Å². The summed E-state index contributed by atoms with van der Waals surface area (Å²) < 4.78 is 21.1. The Morgan fingerprint density at radius 1 is 1.41 bits per heavy atom. The highest BCUT2D eigenvalue weighted by molar-refractivity contribution is 9.15. The number of rotatable bonds is 6. The van der Waals surface area contributed by atoms with Crippen molar-refractivity contribution in [1.82, 2.24) is 19.5 Å². The molecular formula is C18H30N4O5PS3Si. The molecule has 4 heterocycles. The third kappa shape index (κ3) is 5.05. The maximum absolute atomic E-state index is 12.1. The molecule has 0 aliphatic carbocycles. The predicted octanol–water partition coefficient (Wildman–Crippen LogP) is 4.61. The van der Waals surface area contributed by atoms with Gasteiger partial charge < -0.3 is 18.8 Å². The van der Waals surface area contributed by atoms with Gasteiger partial charge in [-0.05, 0) is 18.1 Å². The van der Waals surface area contributed by atoms with Crippen LogP contribution in [-0.2, 0) is 13.7 Å². The van der Waals surface area contributed by atoms with E-state index in [9.17, 15) is 9.90 Å². The molecule has 2 aromatic rings. The Morgan fingerprint density at radius 2 is 2.09 bits per heavy atom. The van der Waals surface area contributed by atoms with Crippen LogP contribution in [0, 0.1) is 0 Å². The predicted molar refractivity (Wildman–Crippen MR) is 137 cm³/mol. The van der Waals surface area contributed by atoms with Gasteiger partial charge in [0, 0.05) is 17.9 Å². The van der Waals surface area contributed by atoms with Crippen molar-refractivity contribution in [2.24, 2.45) is 0 Å². The second kappa shape index (κ2) is 9.07. The first kappa shape index (κ1) is 24.8. The lowest BCUT2D eigenvalue weighted by atomic mass is 10.2. The minimum atomic E-state index is -1.98. The Morgan fingerprint density at radius 3 is 2.75 bits per heavy atom. The third-order valence-electron chi connectivity index (χ3n) is 6.19. The molecule has 1 radical (unpaired) electrons. The molecule has 2 aromatic heterocycles. The van der Waals surface area contributed by atoms with E-state index in [1.165, 1.54) is 6.33 Å². The Balaban J connectivity index is 1.59. The van der Waals surface area contributed by atoms with Gasteiger partial charge in [0.05, 0.1) is 19.0 Å². The maximum Gasteiger partial charge on any atom is 0.296 e. The minimum absolute atomic E-state index is 0.0826. The summed E-state index contributed by atoms with van der Waals surface area (Å²) in [4.78, 5) is 22.6. The molecule has 0 spiro atoms. The fourth-order valence-electron chi connectivity index (χ4n) is 3.34. The fraction of sp³-hybridized carbons (Fsp3) is 0.722. The zero-order valence-electron chi connectivity index (χ0n) is 18.8. The molecule has 0 bridgehead atoms. The average Bonchev–Trinajstić information content (AvgIpc) is 3.38. The molecule has 0 unspecified atom stereocenters. The van der Waals surface area contributed by atoms with Gasteiger partial charge in [0.25, 0.3) is 11.6 Å². The van der Waals surface area contributed by atoms with Gasteiger partial charge >= 0.3 is 0 Å². The number of fused-ring (bicyclic) bond motifs is 1. The van der Waals surface area contributed by atoms with Crippen LogP contribution in [0.4, 0.5) is 0 Å². The normalized spacial score (nSPS) is 26.2. The molecular weight excluding hydrogens is 507 g/mol. The number of H-pyrrole nitrogens is 1. The number of imidazole rings is 1. The molecule has 14 heteroatoms. The summed E-state index contributed by atoms with van der Waals surface area (Å²) in [5, 5.41) is 7.95. The lowest BCUT2D eigenvalue weighted by Gasteiger charge is -2.37. The summed E-state index contributed by atoms with van der Waals surface area (Å²) in [6, 6.07) is -0.452. The highest BCUT2D eigenvalue weighted by Crippen LogP contribution is 2.87. The second-order valence-corrected chi connectivity index (χ2v) is 25.4. The van der Waals surface area contributed by atoms with Gasteiger partial charge in [0.2, 0.25) is 0 Å². The Bertz CT molecular complexity index is 1040. The van der Waals surface area contributed by atoms with E-state index in [0.29, 0.717) is 13.0 Å². The molecule has 2 N–H and O–H groups in total. The lowest BCUT2D eigenvalue weighted by molar-refractivity contribution is -0.0348. The van der Waals surface area contributed by atoms with E-state index in [1.54, 1.807) is 27.3 Å². The largest absolute Gasteiger partial charge is 0.480 e. The molecule has 4 rings (SSSR count). The molecule has 3 atom stereocenters. The molecule has 32 heavy (non-hydrogen) atoms. The molecule has 2 aliphatic rings. The number of nitrogens with zero attached hydrogens (tertiary/aromatic N) is 3. The summed E-state index contributed by atoms with van der Waals surface area (Å²) in [7, 11) is -1.98. The van der Waals surface area contributed by atoms with Gasteiger partial charge in [-0.1, -0.05) is 43.5 Å². The SMILES string of the molecule is CC(C)(C)[Si](C)(C)OC[C@H]1O[C@@H](n2cnc3c(=O)[nH]c(O)nc32)C[C@@H]1O[P]1(S)SCCS1. The lowest BCUT2D eigenvalue weighted by Crippen LogP contribution is -2.44. The Kier molecular flexibility index (Phi) is 7.04. The van der Waals surface area contributed by atoms with Crippen molar-refractivity contribution in [3.8, 4) is 6.01 Å². The Labute approximate surface area is 202 Å². The standard InChI is InChI=1S/C18H30N4O5PS3Si/c1-18(2,3)32(4,5)25-9-12-11(27-28(29)30-6-7-31-28)8-13(26-12)22-10-19-14-15(22)20-17(24)21-16(14)23/h10-13,29H,6-9H2,1-5H3,(H2,20,21,23,24)/t11-,12+,13+/m0/s1. The van der Waals surface area contributed by atoms with Crippen LogP contribution in [0.2, 0.25) is 18.1 Å². The first-order valence-corrected chi connectivity index (χ1v) is 19.4. The number of nitrogens with one attached hydrogen (secondary N) is 1. The van der Waals surface area contributed by atoms with Gasteiger partial charge in [0.1, 0.15) is 17.4 Å². The number of aromatic nitrogens is 4. The first-order chi connectivity index (χ1) is 14.9. The fourth-order valence-corrected chi connectivity index (χ4v) is 14.0. The number of hydrogen-bond acceptors (Lipinski definition) is 10. The molecule has 2 saturated heterocycles. The summed E-state index contributed by atoms with van der Waals surface area (Å²) in [6.45, 7) is 11.5. The van der Waals surface area contributed by atoms with Gasteiger partial charge in [-0.25, -0.2) is 4.98 Å². The molecule has 0 amide bonds. The molecule has 0 saturated carbocycles. The smallest absolute Gasteiger partial charge is 0.296 e. The van der Waals surface area contributed by atoms with E-state index in [0.717, 1.165) is 11.5 Å². The van der Waals surface area contributed by atoms with Crippen LogP contribution in [0.3, 0.4) is 0 Å². The highest BCUT2D eigenvalue weighted by atomic mass is 33.4. The average molecular weight is 538 g/mol. The first-order valence-electron chi connectivity index (χ1n) is 10.4. The zero-order chi connectivity index (χ0) is 23.3. The van der Waals surface area contributed by atoms with E-state index in [1.807, 2.05) is 0 Å². The van der Waals surface area contributed by atoms with Crippen molar-refractivity contribution >= 4 is 59.6 Å². The number of aromatic amines is 1. The molecule has 2 aliphatic heterocycles. The van der Waals surface area contributed by atoms with E-state index >= 15 is 0 Å². The van der Waals surface area contributed by atoms with E-state index < -0.39 is 31.2 Å². The van der Waals surface area contributed by atoms with Crippen LogP contribution >= 0.6 is 40.1 Å². The van der Waals surface area contributed by atoms with Crippen molar-refractivity contribution in [3.05, 3.63) is 16.7 Å². The maximum atomic E-state index is 12.1. The van der Waals surface area contributed by atoms with Crippen LogP contribution in [-0.4, -0.2) is 63.3 Å². The van der Waals surface area contributed by atoms with Gasteiger partial charge in [-0.15, -0.1) is 12.2 Å². The monoisotopic (exact) mass is 537 g/mol. The second-order valence-electron chi connectivity index (χ2n) is 9.43. The third-order valence-corrected chi connectivity index (χ3v) is 20.7. The summed E-state index contributed by atoms with van der Waals surface area (Å²) in [5.74, 6) is 2.06. The zero-order valence-corrected chi connectivity index (χ0v) is 23.2. The number of hydrogen-bond donors (Lipinski definition) is 3. The van der Waals surface area contributed by atoms with Crippen LogP contribution in [0.25, 0.3) is 11.2 Å². The van der Waals surface area contributed by atoms with Crippen LogP contribution in [0.1, 0.15) is 33.4 Å². The van der Waals surface area contributed by atoms with Crippen LogP contribution < -0.4 is 5.56 Å². The molecule has 2 fully saturated rings. The molecule has 9 nitrogen and oxygen atoms in total. The number of thiol groups is 1. The Hall–Kier alpha value is -0.273. The van der Waals surface area contributed by atoms with Crippen molar-refractivity contribution < 1.29 is 18.8 Å². The summed E-state index contributed by atoms with van der Waals surface area (Å²) >= 11 is 8.45. The summed E-state index contributed by atoms with van der Waals surface area (Å²) in [5.41, 5.74) is -0.0558. The topological polar surface area (TPSA) is 111 Å². The van der Waals surface area contributed by atoms with E-state index in [4.69, 9.17) is 25.9 Å². The van der Waals surface area contributed by atoms with E-state index in [2.05, 4.69) is 48.8 Å². The van der Waals surface area contributed by atoms with Gasteiger partial charge in [0.15, 0.2) is 19.5 Å². The minimum Gasteiger partial charge on any atom is -0.480 e. The summed E-state index contributed by atoms with van der Waals surface area (Å²) in [6.07, 6.45) is 1.14. The van der Waals surface area contributed by atoms with E-state index in [-0.39, 0.29) is 28.4 Å². The van der Waals surface area contributed by atoms with Crippen LogP contribution in [0.5, 0.6) is 6.01 Å². The molecule has 179 valence electrons. The highest BCUT2D eigenvalue weighted by Gasteiger charge is 2.45. The quantitative estimate of drug-likeness (QED) is 0.276. The van der Waals surface area contributed by atoms with Crippen LogP contribution in [0.15, 0.2) is 11.1 Å². The number of ether oxygens (including phenoxy) is 1. The van der Waals surface area contributed by atoms with Crippen molar-refractivity contribution in [2.75, 3.05) is 18.1 Å².